The molecule has 1 aliphatic heterocycles. The van der Waals surface area contributed by atoms with Crippen LogP contribution in [0.15, 0.2) is 29.2 Å². The van der Waals surface area contributed by atoms with E-state index in [1.54, 1.807) is 0 Å². The maximum atomic E-state index is 12.2. The van der Waals surface area contributed by atoms with E-state index in [2.05, 4.69) is 27.9 Å². The Morgan fingerprint density at radius 1 is 1.28 bits per heavy atom. The van der Waals surface area contributed by atoms with Crippen molar-refractivity contribution < 1.29 is 5.11 Å². The molecule has 25 heavy (non-hydrogen) atoms. The number of aromatic nitrogens is 1. The average molecular weight is 341 g/mol. The third kappa shape index (κ3) is 2.96. The molecule has 5 nitrogen and oxygen atoms in total. The van der Waals surface area contributed by atoms with Gasteiger partial charge in [-0.15, -0.1) is 0 Å². The predicted octanol–water partition coefficient (Wildman–Crippen LogP) is 2.13. The summed E-state index contributed by atoms with van der Waals surface area (Å²) in [5.41, 5.74) is 2.51. The minimum atomic E-state index is 0.0109. The summed E-state index contributed by atoms with van der Waals surface area (Å²) in [4.78, 5) is 19.9. The second kappa shape index (κ2) is 6.81. The summed E-state index contributed by atoms with van der Waals surface area (Å²) in [5, 5.41) is 11.1. The van der Waals surface area contributed by atoms with Gasteiger partial charge in [-0.05, 0) is 56.8 Å². The number of aliphatic hydroxyl groups is 1. The molecule has 134 valence electrons. The van der Waals surface area contributed by atoms with Crippen molar-refractivity contribution in [2.45, 2.75) is 44.2 Å². The minimum absolute atomic E-state index is 0.0109. The van der Waals surface area contributed by atoms with Crippen molar-refractivity contribution >= 4 is 16.5 Å². The second-order valence-corrected chi connectivity index (χ2v) is 7.45. The summed E-state index contributed by atoms with van der Waals surface area (Å²) in [6, 6.07) is 7.26. The second-order valence-electron chi connectivity index (χ2n) is 7.45. The van der Waals surface area contributed by atoms with Crippen LogP contribution >= 0.6 is 0 Å². The molecule has 5 heteroatoms. The molecular weight excluding hydrogens is 314 g/mol. The molecule has 0 bridgehead atoms. The van der Waals surface area contributed by atoms with Gasteiger partial charge in [-0.1, -0.05) is 6.07 Å². The Bertz CT molecular complexity index is 808. The zero-order chi connectivity index (χ0) is 17.4. The fourth-order valence-electron chi connectivity index (χ4n) is 4.70. The summed E-state index contributed by atoms with van der Waals surface area (Å²) in [7, 11) is 2.12. The first kappa shape index (κ1) is 16.6. The number of pyridine rings is 1. The van der Waals surface area contributed by atoms with Crippen LogP contribution < -0.4 is 10.5 Å². The zero-order valence-electron chi connectivity index (χ0n) is 14.9. The van der Waals surface area contributed by atoms with E-state index in [-0.39, 0.29) is 12.2 Å². The smallest absolute Gasteiger partial charge is 0.255 e. The Labute approximate surface area is 148 Å². The standard InChI is InChI=1S/C20H27N3O2/c1-22(11-12-24)15-5-7-16(8-6-15)23-10-9-14-13-21-20(25)17-3-2-4-18(23)19(14)17/h2-4,13,15-16,24H,5-12H2,1H3,(H,21,25). The molecule has 1 aromatic carbocycles. The van der Waals surface area contributed by atoms with Crippen LogP contribution in [0.5, 0.6) is 0 Å². The number of aromatic amines is 1. The first-order valence-corrected chi connectivity index (χ1v) is 9.40. The van der Waals surface area contributed by atoms with E-state index in [1.165, 1.54) is 36.9 Å². The number of hydrogen-bond acceptors (Lipinski definition) is 4. The lowest BCUT2D eigenvalue weighted by Gasteiger charge is -2.42. The van der Waals surface area contributed by atoms with Gasteiger partial charge in [0.25, 0.3) is 5.56 Å². The predicted molar refractivity (Wildman–Crippen MR) is 101 cm³/mol. The van der Waals surface area contributed by atoms with Crippen molar-refractivity contribution in [3.63, 3.8) is 0 Å². The molecule has 2 aliphatic rings. The molecule has 1 fully saturated rings. The molecule has 0 unspecified atom stereocenters. The van der Waals surface area contributed by atoms with Crippen LogP contribution in [-0.4, -0.2) is 53.8 Å². The number of likely N-dealkylation sites (N-methyl/N-ethyl adjacent to an activating group) is 1. The fourth-order valence-corrected chi connectivity index (χ4v) is 4.70. The zero-order valence-corrected chi connectivity index (χ0v) is 14.9. The summed E-state index contributed by atoms with van der Waals surface area (Å²) >= 11 is 0. The topological polar surface area (TPSA) is 59.6 Å². The van der Waals surface area contributed by atoms with Crippen LogP contribution in [-0.2, 0) is 6.42 Å². The molecule has 1 saturated carbocycles. The first-order chi connectivity index (χ1) is 12.2. The van der Waals surface area contributed by atoms with Crippen LogP contribution in [0.4, 0.5) is 5.69 Å². The quantitative estimate of drug-likeness (QED) is 0.894. The van der Waals surface area contributed by atoms with Gasteiger partial charge in [0.05, 0.1) is 6.61 Å². The molecule has 0 spiro atoms. The normalized spacial score (nSPS) is 23.4. The van der Waals surface area contributed by atoms with E-state index in [9.17, 15) is 4.79 Å². The number of aliphatic hydroxyl groups excluding tert-OH is 1. The van der Waals surface area contributed by atoms with Crippen molar-refractivity contribution in [2.75, 3.05) is 31.6 Å². The van der Waals surface area contributed by atoms with Crippen LogP contribution in [0.2, 0.25) is 0 Å². The lowest BCUT2D eigenvalue weighted by molar-refractivity contribution is 0.146. The molecule has 2 aromatic rings. The summed E-state index contributed by atoms with van der Waals surface area (Å²) < 4.78 is 0. The number of anilines is 1. The molecule has 0 amide bonds. The average Bonchev–Trinajstić information content (AvgIpc) is 2.65. The largest absolute Gasteiger partial charge is 0.395 e. The van der Waals surface area contributed by atoms with Crippen molar-refractivity contribution in [2.24, 2.45) is 0 Å². The van der Waals surface area contributed by atoms with Crippen molar-refractivity contribution in [1.29, 1.82) is 0 Å². The van der Waals surface area contributed by atoms with E-state index >= 15 is 0 Å². The maximum absolute atomic E-state index is 12.2. The van der Waals surface area contributed by atoms with E-state index in [0.29, 0.717) is 12.1 Å². The van der Waals surface area contributed by atoms with Gasteiger partial charge in [-0.3, -0.25) is 4.79 Å². The first-order valence-electron chi connectivity index (χ1n) is 9.40. The van der Waals surface area contributed by atoms with E-state index in [1.807, 2.05) is 18.3 Å². The highest BCUT2D eigenvalue weighted by Gasteiger charge is 2.30. The Balaban J connectivity index is 1.58. The highest BCUT2D eigenvalue weighted by atomic mass is 16.3. The molecule has 2 heterocycles. The number of hydrogen-bond donors (Lipinski definition) is 2. The summed E-state index contributed by atoms with van der Waals surface area (Å²) in [5.74, 6) is 0. The molecule has 4 rings (SSSR count). The summed E-state index contributed by atoms with van der Waals surface area (Å²) in [6.07, 6.45) is 7.59. The Hall–Kier alpha value is -1.85. The van der Waals surface area contributed by atoms with Crippen LogP contribution in [0.1, 0.15) is 31.2 Å². The van der Waals surface area contributed by atoms with Crippen LogP contribution in [0, 0.1) is 0 Å². The number of nitrogens with zero attached hydrogens (tertiary/aromatic N) is 2. The van der Waals surface area contributed by atoms with Gasteiger partial charge in [0.1, 0.15) is 0 Å². The molecule has 0 radical (unpaired) electrons. The van der Waals surface area contributed by atoms with Crippen molar-refractivity contribution in [3.8, 4) is 0 Å². The maximum Gasteiger partial charge on any atom is 0.255 e. The van der Waals surface area contributed by atoms with E-state index in [0.717, 1.165) is 30.3 Å². The third-order valence-corrected chi connectivity index (χ3v) is 6.10. The fraction of sp³-hybridized carbons (Fsp3) is 0.550. The molecule has 1 aliphatic carbocycles. The number of H-pyrrole nitrogens is 1. The molecule has 0 saturated heterocycles. The van der Waals surface area contributed by atoms with Gasteiger partial charge < -0.3 is 19.9 Å². The third-order valence-electron chi connectivity index (χ3n) is 6.10. The molecule has 2 N–H and O–H groups in total. The lowest BCUT2D eigenvalue weighted by Crippen LogP contribution is -2.45. The molecule has 1 aromatic heterocycles. The van der Waals surface area contributed by atoms with Crippen molar-refractivity contribution in [1.82, 2.24) is 9.88 Å². The van der Waals surface area contributed by atoms with Gasteiger partial charge in [-0.25, -0.2) is 0 Å². The van der Waals surface area contributed by atoms with E-state index in [4.69, 9.17) is 5.11 Å². The van der Waals surface area contributed by atoms with Gasteiger partial charge in [-0.2, -0.15) is 0 Å². The Morgan fingerprint density at radius 3 is 2.84 bits per heavy atom. The lowest BCUT2D eigenvalue weighted by atomic mass is 9.87. The van der Waals surface area contributed by atoms with Gasteiger partial charge in [0, 0.05) is 47.8 Å². The number of rotatable bonds is 4. The SMILES string of the molecule is CN(CCO)C1CCC(N2CCc3c[nH]c(=O)c4cccc2c34)CC1. The van der Waals surface area contributed by atoms with Gasteiger partial charge in [0.15, 0.2) is 0 Å². The van der Waals surface area contributed by atoms with Crippen LogP contribution in [0.25, 0.3) is 10.8 Å². The summed E-state index contributed by atoms with van der Waals surface area (Å²) in [6.45, 7) is 2.02. The minimum Gasteiger partial charge on any atom is -0.395 e. The molecular formula is C20H27N3O2. The van der Waals surface area contributed by atoms with Gasteiger partial charge >= 0.3 is 0 Å². The Kier molecular flexibility index (Phi) is 4.52. The monoisotopic (exact) mass is 341 g/mol. The number of benzene rings is 1. The molecule has 0 atom stereocenters. The highest BCUT2D eigenvalue weighted by Crippen LogP contribution is 2.37. The Morgan fingerprint density at radius 2 is 2.08 bits per heavy atom. The highest BCUT2D eigenvalue weighted by molar-refractivity contribution is 5.97. The van der Waals surface area contributed by atoms with Gasteiger partial charge in [0.2, 0.25) is 0 Å². The van der Waals surface area contributed by atoms with Crippen molar-refractivity contribution in [3.05, 3.63) is 40.3 Å². The van der Waals surface area contributed by atoms with E-state index < -0.39 is 0 Å². The van der Waals surface area contributed by atoms with Crippen LogP contribution in [0.3, 0.4) is 0 Å². The number of nitrogens with one attached hydrogen (secondary N) is 1.